The Labute approximate surface area is 138 Å². The van der Waals surface area contributed by atoms with E-state index in [-0.39, 0.29) is 5.89 Å². The van der Waals surface area contributed by atoms with Gasteiger partial charge >= 0.3 is 10.2 Å². The Morgan fingerprint density at radius 3 is 1.75 bits per heavy atom. The van der Waals surface area contributed by atoms with Crippen LogP contribution in [-0.4, -0.2) is 32.7 Å². The summed E-state index contributed by atoms with van der Waals surface area (Å²) >= 11 is 0. The van der Waals surface area contributed by atoms with E-state index in [1.807, 2.05) is 43.3 Å². The molecular weight excluding hydrogens is 333 g/mol. The van der Waals surface area contributed by atoms with Gasteiger partial charge in [0, 0.05) is 30.9 Å². The summed E-state index contributed by atoms with van der Waals surface area (Å²) < 4.78 is 40.1. The minimum atomic E-state index is -4.72. The molecule has 1 heterocycles. The monoisotopic (exact) mass is 347 g/mol. The van der Waals surface area contributed by atoms with Gasteiger partial charge in [-0.05, 0) is 48.5 Å². The second-order valence-corrected chi connectivity index (χ2v) is 6.66. The Bertz CT molecular complexity index is 949. The maximum atomic E-state index is 12.9. The molecule has 0 aliphatic carbocycles. The molecule has 0 fully saturated rings. The van der Waals surface area contributed by atoms with E-state index < -0.39 is 15.1 Å². The average molecular weight is 347 g/mol. The van der Waals surface area contributed by atoms with Gasteiger partial charge in [-0.2, -0.15) is 8.42 Å². The van der Waals surface area contributed by atoms with Gasteiger partial charge in [0.25, 0.3) is 0 Å². The van der Waals surface area contributed by atoms with Crippen LogP contribution >= 0.6 is 0 Å². The summed E-state index contributed by atoms with van der Waals surface area (Å²) in [6.07, 6.45) is 0. The number of halogens is 1. The van der Waals surface area contributed by atoms with Gasteiger partial charge in [-0.25, -0.2) is 0 Å². The molecule has 0 unspecified atom stereocenters. The first-order chi connectivity index (χ1) is 11.3. The Morgan fingerprint density at radius 2 is 1.33 bits per heavy atom. The molecule has 0 saturated carbocycles. The van der Waals surface area contributed by atoms with Crippen molar-refractivity contribution in [2.45, 2.75) is 4.90 Å². The van der Waals surface area contributed by atoms with Gasteiger partial charge in [-0.3, -0.25) is 0 Å². The first kappa shape index (κ1) is 16.1. The van der Waals surface area contributed by atoms with Crippen LogP contribution in [0.3, 0.4) is 0 Å². The molecular formula is C16H14FN3O3S. The Hall–Kier alpha value is -2.74. The van der Waals surface area contributed by atoms with Crippen LogP contribution in [0.5, 0.6) is 0 Å². The minimum absolute atomic E-state index is 0.226. The predicted molar refractivity (Wildman–Crippen MR) is 87.8 cm³/mol. The zero-order chi connectivity index (χ0) is 17.3. The standard InChI is InChI=1S/C16H14FN3O3S/c1-20(2)13-7-3-11(4-8-13)15-18-19-16(23-15)12-5-9-14(10-6-12)24(17,21)22/h3-10H,1-2H3. The number of hydrogen-bond donors (Lipinski definition) is 0. The molecule has 124 valence electrons. The van der Waals surface area contributed by atoms with E-state index in [9.17, 15) is 12.3 Å². The number of benzene rings is 2. The lowest BCUT2D eigenvalue weighted by Crippen LogP contribution is -2.07. The van der Waals surface area contributed by atoms with E-state index in [2.05, 4.69) is 10.2 Å². The van der Waals surface area contributed by atoms with Crippen molar-refractivity contribution in [2.24, 2.45) is 0 Å². The molecule has 0 N–H and O–H groups in total. The fourth-order valence-corrected chi connectivity index (χ4v) is 2.58. The van der Waals surface area contributed by atoms with Gasteiger partial charge in [-0.1, -0.05) is 0 Å². The molecule has 8 heteroatoms. The zero-order valence-corrected chi connectivity index (χ0v) is 13.8. The van der Waals surface area contributed by atoms with E-state index in [0.717, 1.165) is 23.4 Å². The topological polar surface area (TPSA) is 76.3 Å². The number of nitrogens with zero attached hydrogens (tertiary/aromatic N) is 3. The summed E-state index contributed by atoms with van der Waals surface area (Å²) in [4.78, 5) is 1.56. The first-order valence-electron chi connectivity index (χ1n) is 7.01. The van der Waals surface area contributed by atoms with Gasteiger partial charge in [0.2, 0.25) is 11.8 Å². The van der Waals surface area contributed by atoms with Crippen LogP contribution in [0.25, 0.3) is 22.9 Å². The summed E-state index contributed by atoms with van der Waals surface area (Å²) in [5.41, 5.74) is 2.31. The lowest BCUT2D eigenvalue weighted by molar-refractivity contribution is 0.552. The molecule has 3 rings (SSSR count). The van der Waals surface area contributed by atoms with Crippen LogP contribution in [0.1, 0.15) is 0 Å². The van der Waals surface area contributed by atoms with E-state index in [0.29, 0.717) is 11.5 Å². The maximum Gasteiger partial charge on any atom is 0.332 e. The molecule has 0 saturated heterocycles. The molecule has 0 spiro atoms. The van der Waals surface area contributed by atoms with Crippen LogP contribution < -0.4 is 4.90 Å². The zero-order valence-electron chi connectivity index (χ0n) is 13.0. The highest BCUT2D eigenvalue weighted by atomic mass is 32.3. The normalized spacial score (nSPS) is 11.5. The smallest absolute Gasteiger partial charge is 0.332 e. The van der Waals surface area contributed by atoms with E-state index in [1.54, 1.807) is 0 Å². The highest BCUT2D eigenvalue weighted by Crippen LogP contribution is 2.26. The summed E-state index contributed by atoms with van der Waals surface area (Å²) in [5, 5.41) is 7.93. The fourth-order valence-electron chi connectivity index (χ4n) is 2.12. The molecule has 0 radical (unpaired) electrons. The van der Waals surface area contributed by atoms with Crippen molar-refractivity contribution in [2.75, 3.05) is 19.0 Å². The van der Waals surface area contributed by atoms with Crippen molar-refractivity contribution < 1.29 is 16.7 Å². The third kappa shape index (κ3) is 3.28. The summed E-state index contributed by atoms with van der Waals surface area (Å²) in [5.74, 6) is 0.571. The Balaban J connectivity index is 1.87. The van der Waals surface area contributed by atoms with E-state index in [1.165, 1.54) is 12.1 Å². The minimum Gasteiger partial charge on any atom is -0.416 e. The van der Waals surface area contributed by atoms with Crippen LogP contribution in [0, 0.1) is 0 Å². The highest BCUT2D eigenvalue weighted by molar-refractivity contribution is 7.86. The number of anilines is 1. The van der Waals surface area contributed by atoms with Crippen molar-refractivity contribution in [1.29, 1.82) is 0 Å². The van der Waals surface area contributed by atoms with Crippen LogP contribution in [0.15, 0.2) is 57.8 Å². The van der Waals surface area contributed by atoms with E-state index >= 15 is 0 Å². The second-order valence-electron chi connectivity index (χ2n) is 5.32. The van der Waals surface area contributed by atoms with Gasteiger partial charge in [0.1, 0.15) is 0 Å². The number of aromatic nitrogens is 2. The summed E-state index contributed by atoms with van der Waals surface area (Å²) in [7, 11) is -0.830. The van der Waals surface area contributed by atoms with Crippen molar-refractivity contribution in [3.63, 3.8) is 0 Å². The fraction of sp³-hybridized carbons (Fsp3) is 0.125. The van der Waals surface area contributed by atoms with Crippen LogP contribution in [0.2, 0.25) is 0 Å². The molecule has 3 aromatic rings. The highest BCUT2D eigenvalue weighted by Gasteiger charge is 2.14. The predicted octanol–water partition coefficient (Wildman–Crippen LogP) is 3.13. The first-order valence-corrected chi connectivity index (χ1v) is 8.39. The number of rotatable bonds is 4. The molecule has 0 bridgehead atoms. The molecule has 0 amide bonds. The maximum absolute atomic E-state index is 12.9. The van der Waals surface area contributed by atoms with Crippen molar-refractivity contribution in [1.82, 2.24) is 10.2 Å². The summed E-state index contributed by atoms with van der Waals surface area (Å²) in [6, 6.07) is 12.7. The molecule has 1 aromatic heterocycles. The van der Waals surface area contributed by atoms with Crippen LogP contribution in [-0.2, 0) is 10.2 Å². The average Bonchev–Trinajstić information content (AvgIpc) is 3.04. The lowest BCUT2D eigenvalue weighted by Gasteiger charge is -2.11. The van der Waals surface area contributed by atoms with Crippen molar-refractivity contribution in [3.8, 4) is 22.9 Å². The second kappa shape index (κ2) is 6.04. The summed E-state index contributed by atoms with van der Waals surface area (Å²) in [6.45, 7) is 0. The SMILES string of the molecule is CN(C)c1ccc(-c2nnc(-c3ccc(S(=O)(=O)F)cc3)o2)cc1. The molecule has 6 nitrogen and oxygen atoms in total. The third-order valence-electron chi connectivity index (χ3n) is 3.44. The molecule has 24 heavy (non-hydrogen) atoms. The van der Waals surface area contributed by atoms with Crippen molar-refractivity contribution in [3.05, 3.63) is 48.5 Å². The molecule has 2 aromatic carbocycles. The lowest BCUT2D eigenvalue weighted by atomic mass is 10.2. The van der Waals surface area contributed by atoms with Gasteiger partial charge in [0.05, 0.1) is 4.90 Å². The Kier molecular flexibility index (Phi) is 4.06. The van der Waals surface area contributed by atoms with E-state index in [4.69, 9.17) is 4.42 Å². The number of hydrogen-bond acceptors (Lipinski definition) is 6. The molecule has 0 atom stereocenters. The van der Waals surface area contributed by atoms with Crippen molar-refractivity contribution >= 4 is 15.9 Å². The molecule has 0 aliphatic rings. The molecule has 0 aliphatic heterocycles. The quantitative estimate of drug-likeness (QED) is 0.675. The largest absolute Gasteiger partial charge is 0.416 e. The van der Waals surface area contributed by atoms with Gasteiger partial charge < -0.3 is 9.32 Å². The van der Waals surface area contributed by atoms with Crippen LogP contribution in [0.4, 0.5) is 9.57 Å². The third-order valence-corrected chi connectivity index (χ3v) is 4.27. The Morgan fingerprint density at radius 1 is 0.875 bits per heavy atom. The van der Waals surface area contributed by atoms with Gasteiger partial charge in [-0.15, -0.1) is 14.1 Å². The van der Waals surface area contributed by atoms with Gasteiger partial charge in [0.15, 0.2) is 0 Å².